The van der Waals surface area contributed by atoms with Crippen LogP contribution in [0.2, 0.25) is 0 Å². The van der Waals surface area contributed by atoms with Gasteiger partial charge in [-0.1, -0.05) is 11.8 Å². The topological polar surface area (TPSA) is 26.7 Å². The Labute approximate surface area is 126 Å². The van der Waals surface area contributed by atoms with E-state index in [1.807, 2.05) is 0 Å². The van der Waals surface area contributed by atoms with Crippen LogP contribution in [0.15, 0.2) is 11.4 Å². The molecular weight excluding hydrogens is 268 g/mol. The van der Waals surface area contributed by atoms with Crippen LogP contribution >= 0.6 is 11.3 Å². The van der Waals surface area contributed by atoms with Gasteiger partial charge in [-0.3, -0.25) is 9.80 Å². The SMILES string of the molecule is CC(C)N1CCN(Cc2cc(C#CCCO)cs2)CC1. The highest BCUT2D eigenvalue weighted by Gasteiger charge is 2.18. The molecule has 0 spiro atoms. The van der Waals surface area contributed by atoms with Gasteiger partial charge in [0.15, 0.2) is 0 Å². The van der Waals surface area contributed by atoms with E-state index in [1.54, 1.807) is 11.3 Å². The molecule has 1 saturated heterocycles. The van der Waals surface area contributed by atoms with E-state index in [0.717, 1.165) is 25.2 Å². The van der Waals surface area contributed by atoms with Crippen molar-refractivity contribution in [3.05, 3.63) is 21.9 Å². The Morgan fingerprint density at radius 1 is 1.30 bits per heavy atom. The third-order valence-electron chi connectivity index (χ3n) is 3.64. The largest absolute Gasteiger partial charge is 0.395 e. The van der Waals surface area contributed by atoms with E-state index in [-0.39, 0.29) is 6.61 Å². The molecule has 1 N–H and O–H groups in total. The maximum atomic E-state index is 8.72. The van der Waals surface area contributed by atoms with Gasteiger partial charge in [0, 0.05) is 61.0 Å². The molecule has 0 aliphatic carbocycles. The fourth-order valence-electron chi connectivity index (χ4n) is 2.41. The summed E-state index contributed by atoms with van der Waals surface area (Å²) in [6.45, 7) is 10.4. The molecule has 0 saturated carbocycles. The van der Waals surface area contributed by atoms with Gasteiger partial charge in [-0.2, -0.15) is 0 Å². The fraction of sp³-hybridized carbons (Fsp3) is 0.625. The molecular formula is C16H24N2OS. The van der Waals surface area contributed by atoms with Gasteiger partial charge in [-0.05, 0) is 19.9 Å². The third kappa shape index (κ3) is 4.60. The first kappa shape index (κ1) is 15.5. The van der Waals surface area contributed by atoms with Crippen LogP contribution in [-0.4, -0.2) is 53.7 Å². The Hall–Kier alpha value is -0.860. The lowest BCUT2D eigenvalue weighted by Crippen LogP contribution is -2.48. The average Bonchev–Trinajstić information content (AvgIpc) is 2.87. The highest BCUT2D eigenvalue weighted by Crippen LogP contribution is 2.17. The van der Waals surface area contributed by atoms with Crippen LogP contribution in [0.3, 0.4) is 0 Å². The van der Waals surface area contributed by atoms with Crippen molar-refractivity contribution >= 4 is 11.3 Å². The number of rotatable bonds is 4. The first-order chi connectivity index (χ1) is 9.69. The monoisotopic (exact) mass is 292 g/mol. The summed E-state index contributed by atoms with van der Waals surface area (Å²) >= 11 is 1.79. The number of thiophene rings is 1. The molecule has 1 aliphatic rings. The van der Waals surface area contributed by atoms with Gasteiger partial charge in [-0.15, -0.1) is 11.3 Å². The zero-order chi connectivity index (χ0) is 14.4. The summed E-state index contributed by atoms with van der Waals surface area (Å²) in [7, 11) is 0. The Kier molecular flexibility index (Phi) is 6.06. The molecule has 0 unspecified atom stereocenters. The zero-order valence-corrected chi connectivity index (χ0v) is 13.2. The molecule has 0 radical (unpaired) electrons. The first-order valence-corrected chi connectivity index (χ1v) is 8.20. The number of piperazine rings is 1. The third-order valence-corrected chi connectivity index (χ3v) is 4.56. The van der Waals surface area contributed by atoms with Crippen molar-refractivity contribution in [1.82, 2.24) is 9.80 Å². The van der Waals surface area contributed by atoms with Gasteiger partial charge < -0.3 is 5.11 Å². The summed E-state index contributed by atoms with van der Waals surface area (Å²) in [5, 5.41) is 10.8. The first-order valence-electron chi connectivity index (χ1n) is 7.32. The molecule has 0 aromatic carbocycles. The zero-order valence-electron chi connectivity index (χ0n) is 12.4. The Balaban J connectivity index is 1.82. The number of aliphatic hydroxyl groups is 1. The molecule has 1 aliphatic heterocycles. The van der Waals surface area contributed by atoms with Crippen molar-refractivity contribution in [3.63, 3.8) is 0 Å². The standard InChI is InChI=1S/C16H24N2OS/c1-14(2)18-8-6-17(7-9-18)12-16-11-15(13-20-16)5-3-4-10-19/h11,13-14,19H,4,6-10,12H2,1-2H3. The van der Waals surface area contributed by atoms with Crippen LogP contribution in [0.25, 0.3) is 0 Å². The lowest BCUT2D eigenvalue weighted by Gasteiger charge is -2.36. The number of nitrogens with zero attached hydrogens (tertiary/aromatic N) is 2. The van der Waals surface area contributed by atoms with Crippen LogP contribution in [0.4, 0.5) is 0 Å². The smallest absolute Gasteiger partial charge is 0.0540 e. The minimum atomic E-state index is 0.143. The van der Waals surface area contributed by atoms with Crippen LogP contribution in [-0.2, 0) is 6.54 Å². The minimum Gasteiger partial charge on any atom is -0.395 e. The van der Waals surface area contributed by atoms with Crippen LogP contribution < -0.4 is 0 Å². The molecule has 3 nitrogen and oxygen atoms in total. The average molecular weight is 292 g/mol. The Bertz CT molecular complexity index is 464. The molecule has 2 heterocycles. The van der Waals surface area contributed by atoms with Crippen molar-refractivity contribution < 1.29 is 5.11 Å². The van der Waals surface area contributed by atoms with Crippen molar-refractivity contribution in [3.8, 4) is 11.8 Å². The summed E-state index contributed by atoms with van der Waals surface area (Å²) < 4.78 is 0. The van der Waals surface area contributed by atoms with E-state index in [9.17, 15) is 0 Å². The number of hydrogen-bond donors (Lipinski definition) is 1. The maximum Gasteiger partial charge on any atom is 0.0540 e. The molecule has 0 atom stereocenters. The predicted molar refractivity (Wildman–Crippen MR) is 84.9 cm³/mol. The fourth-order valence-corrected chi connectivity index (χ4v) is 3.27. The van der Waals surface area contributed by atoms with Gasteiger partial charge in [-0.25, -0.2) is 0 Å². The summed E-state index contributed by atoms with van der Waals surface area (Å²) in [4.78, 5) is 6.45. The second kappa shape index (κ2) is 7.80. The second-order valence-electron chi connectivity index (χ2n) is 5.48. The van der Waals surface area contributed by atoms with Crippen molar-refractivity contribution in [2.45, 2.75) is 32.9 Å². The molecule has 110 valence electrons. The van der Waals surface area contributed by atoms with Crippen molar-refractivity contribution in [2.75, 3.05) is 32.8 Å². The Morgan fingerprint density at radius 2 is 2.05 bits per heavy atom. The molecule has 20 heavy (non-hydrogen) atoms. The van der Waals surface area contributed by atoms with Crippen LogP contribution in [0.5, 0.6) is 0 Å². The quantitative estimate of drug-likeness (QED) is 0.860. The van der Waals surface area contributed by atoms with Crippen LogP contribution in [0, 0.1) is 11.8 Å². The van der Waals surface area contributed by atoms with Crippen LogP contribution in [0.1, 0.15) is 30.7 Å². The van der Waals surface area contributed by atoms with Crippen molar-refractivity contribution in [2.24, 2.45) is 0 Å². The summed E-state index contributed by atoms with van der Waals surface area (Å²) in [6, 6.07) is 2.84. The lowest BCUT2D eigenvalue weighted by atomic mass is 10.2. The highest BCUT2D eigenvalue weighted by atomic mass is 32.1. The highest BCUT2D eigenvalue weighted by molar-refractivity contribution is 7.10. The van der Waals surface area contributed by atoms with Gasteiger partial charge in [0.05, 0.1) is 6.61 Å². The minimum absolute atomic E-state index is 0.143. The van der Waals surface area contributed by atoms with Gasteiger partial charge in [0.2, 0.25) is 0 Å². The summed E-state index contributed by atoms with van der Waals surface area (Å²) in [5.74, 6) is 6.07. The molecule has 0 bridgehead atoms. The molecule has 0 amide bonds. The van der Waals surface area contributed by atoms with Gasteiger partial charge in [0.25, 0.3) is 0 Å². The van der Waals surface area contributed by atoms with E-state index in [4.69, 9.17) is 5.11 Å². The van der Waals surface area contributed by atoms with Crippen molar-refractivity contribution in [1.29, 1.82) is 0 Å². The second-order valence-corrected chi connectivity index (χ2v) is 6.48. The molecule has 1 aromatic rings. The van der Waals surface area contributed by atoms with E-state index < -0.39 is 0 Å². The van der Waals surface area contributed by atoms with E-state index in [0.29, 0.717) is 12.5 Å². The summed E-state index contributed by atoms with van der Waals surface area (Å²) in [5.41, 5.74) is 1.08. The predicted octanol–water partition coefficient (Wildman–Crippen LogP) is 2.01. The van der Waals surface area contributed by atoms with E-state index >= 15 is 0 Å². The summed E-state index contributed by atoms with van der Waals surface area (Å²) in [6.07, 6.45) is 0.558. The molecule has 4 heteroatoms. The van der Waals surface area contributed by atoms with Gasteiger partial charge in [0.1, 0.15) is 0 Å². The van der Waals surface area contributed by atoms with Gasteiger partial charge >= 0.3 is 0 Å². The Morgan fingerprint density at radius 3 is 2.70 bits per heavy atom. The van der Waals surface area contributed by atoms with E-state index in [2.05, 4.69) is 46.9 Å². The number of hydrogen-bond acceptors (Lipinski definition) is 4. The lowest BCUT2D eigenvalue weighted by molar-refractivity contribution is 0.105. The maximum absolute atomic E-state index is 8.72. The molecule has 1 fully saturated rings. The van der Waals surface area contributed by atoms with E-state index in [1.165, 1.54) is 18.0 Å². The normalized spacial score (nSPS) is 17.2. The molecule has 2 rings (SSSR count). The number of aliphatic hydroxyl groups excluding tert-OH is 1. The molecule has 1 aromatic heterocycles.